The summed E-state index contributed by atoms with van der Waals surface area (Å²) in [7, 11) is 1.64. The summed E-state index contributed by atoms with van der Waals surface area (Å²) in [5.74, 6) is 1.17. The number of hydrogen-bond donors (Lipinski definition) is 1. The molecule has 1 N–H and O–H groups in total. The number of nitrogens with zero attached hydrogens (tertiary/aromatic N) is 2. The van der Waals surface area contributed by atoms with Gasteiger partial charge < -0.3 is 14.8 Å². The van der Waals surface area contributed by atoms with E-state index in [-0.39, 0.29) is 5.91 Å². The Morgan fingerprint density at radius 3 is 3.13 bits per heavy atom. The van der Waals surface area contributed by atoms with Crippen molar-refractivity contribution in [2.24, 2.45) is 5.92 Å². The van der Waals surface area contributed by atoms with Gasteiger partial charge in [-0.05, 0) is 24.5 Å². The molecule has 1 atom stereocenters. The van der Waals surface area contributed by atoms with Crippen LogP contribution in [0.25, 0.3) is 5.69 Å². The van der Waals surface area contributed by atoms with Crippen LogP contribution in [0.5, 0.6) is 5.75 Å². The first kappa shape index (κ1) is 15.6. The van der Waals surface area contributed by atoms with Crippen LogP contribution in [0.3, 0.4) is 0 Å². The summed E-state index contributed by atoms with van der Waals surface area (Å²) >= 11 is 0. The third-order valence-corrected chi connectivity index (χ3v) is 3.96. The van der Waals surface area contributed by atoms with Gasteiger partial charge in [0.1, 0.15) is 11.4 Å². The zero-order chi connectivity index (χ0) is 16.1. The highest BCUT2D eigenvalue weighted by molar-refractivity contribution is 5.76. The molecule has 2 aromatic rings. The number of carbonyl (C=O) groups is 1. The molecule has 0 spiro atoms. The third kappa shape index (κ3) is 3.90. The van der Waals surface area contributed by atoms with Gasteiger partial charge in [-0.25, -0.2) is 4.68 Å². The SMILES string of the molecule is COc1ccccc1-n1cc(CNC(=O)C[C@@H]2CCOC2)cn1. The summed E-state index contributed by atoms with van der Waals surface area (Å²) < 4.78 is 12.4. The van der Waals surface area contributed by atoms with Crippen molar-refractivity contribution in [2.45, 2.75) is 19.4 Å². The van der Waals surface area contributed by atoms with E-state index in [1.807, 2.05) is 30.5 Å². The molecule has 1 amide bonds. The molecular formula is C17H21N3O3. The number of nitrogens with one attached hydrogen (secondary N) is 1. The second-order valence-electron chi connectivity index (χ2n) is 5.68. The van der Waals surface area contributed by atoms with Gasteiger partial charge in [0.2, 0.25) is 5.91 Å². The second kappa shape index (κ2) is 7.28. The number of carbonyl (C=O) groups excluding carboxylic acids is 1. The first-order chi connectivity index (χ1) is 11.3. The molecular weight excluding hydrogens is 294 g/mol. The molecule has 122 valence electrons. The lowest BCUT2D eigenvalue weighted by atomic mass is 10.0. The molecule has 3 rings (SSSR count). The van der Waals surface area contributed by atoms with Crippen molar-refractivity contribution in [1.82, 2.24) is 15.1 Å². The number of hydrogen-bond acceptors (Lipinski definition) is 4. The molecule has 2 heterocycles. The lowest BCUT2D eigenvalue weighted by Gasteiger charge is -2.08. The zero-order valence-electron chi connectivity index (χ0n) is 13.2. The van der Waals surface area contributed by atoms with E-state index in [1.54, 1.807) is 18.0 Å². The lowest BCUT2D eigenvalue weighted by Crippen LogP contribution is -2.25. The average Bonchev–Trinajstić information content (AvgIpc) is 3.24. The molecule has 0 bridgehead atoms. The second-order valence-corrected chi connectivity index (χ2v) is 5.68. The molecule has 0 aliphatic carbocycles. The van der Waals surface area contributed by atoms with Crippen LogP contribution in [0.15, 0.2) is 36.7 Å². The fourth-order valence-corrected chi connectivity index (χ4v) is 2.68. The van der Waals surface area contributed by atoms with Gasteiger partial charge in [0.25, 0.3) is 0 Å². The third-order valence-electron chi connectivity index (χ3n) is 3.96. The van der Waals surface area contributed by atoms with E-state index in [4.69, 9.17) is 9.47 Å². The molecule has 1 fully saturated rings. The van der Waals surface area contributed by atoms with E-state index in [9.17, 15) is 4.79 Å². The monoisotopic (exact) mass is 315 g/mol. The predicted octanol–water partition coefficient (Wildman–Crippen LogP) is 1.92. The van der Waals surface area contributed by atoms with Crippen molar-refractivity contribution in [1.29, 1.82) is 0 Å². The normalized spacial score (nSPS) is 17.2. The zero-order valence-corrected chi connectivity index (χ0v) is 13.2. The Bertz CT molecular complexity index is 663. The number of ether oxygens (including phenoxy) is 2. The van der Waals surface area contributed by atoms with Gasteiger partial charge in [0, 0.05) is 37.9 Å². The van der Waals surface area contributed by atoms with Crippen molar-refractivity contribution in [3.63, 3.8) is 0 Å². The van der Waals surface area contributed by atoms with E-state index >= 15 is 0 Å². The van der Waals surface area contributed by atoms with Crippen molar-refractivity contribution in [3.05, 3.63) is 42.2 Å². The van der Waals surface area contributed by atoms with Crippen molar-refractivity contribution < 1.29 is 14.3 Å². The van der Waals surface area contributed by atoms with Gasteiger partial charge in [0.15, 0.2) is 0 Å². The van der Waals surface area contributed by atoms with Crippen LogP contribution < -0.4 is 10.1 Å². The maximum Gasteiger partial charge on any atom is 0.220 e. The summed E-state index contributed by atoms with van der Waals surface area (Å²) in [6.45, 7) is 1.93. The molecule has 1 saturated heterocycles. The topological polar surface area (TPSA) is 65.4 Å². The average molecular weight is 315 g/mol. The van der Waals surface area contributed by atoms with E-state index in [0.717, 1.165) is 30.0 Å². The van der Waals surface area contributed by atoms with E-state index in [2.05, 4.69) is 10.4 Å². The standard InChI is InChI=1S/C17H21N3O3/c1-22-16-5-3-2-4-15(16)20-11-14(10-19-20)9-18-17(21)8-13-6-7-23-12-13/h2-5,10-11,13H,6-9,12H2,1H3,(H,18,21)/t13-/m0/s1. The predicted molar refractivity (Wildman–Crippen MR) is 85.5 cm³/mol. The summed E-state index contributed by atoms with van der Waals surface area (Å²) in [6.07, 6.45) is 5.15. The van der Waals surface area contributed by atoms with Crippen LogP contribution in [-0.2, 0) is 16.1 Å². The molecule has 0 saturated carbocycles. The van der Waals surface area contributed by atoms with Crippen LogP contribution in [0, 0.1) is 5.92 Å². The van der Waals surface area contributed by atoms with Crippen molar-refractivity contribution in [3.8, 4) is 11.4 Å². The number of rotatable bonds is 6. The molecule has 1 aromatic heterocycles. The van der Waals surface area contributed by atoms with Crippen LogP contribution in [0.4, 0.5) is 0 Å². The molecule has 1 aromatic carbocycles. The van der Waals surface area contributed by atoms with Gasteiger partial charge in [0.05, 0.1) is 13.3 Å². The fraction of sp³-hybridized carbons (Fsp3) is 0.412. The Kier molecular flexibility index (Phi) is 4.92. The first-order valence-electron chi connectivity index (χ1n) is 7.77. The largest absolute Gasteiger partial charge is 0.494 e. The van der Waals surface area contributed by atoms with Gasteiger partial charge in [-0.2, -0.15) is 5.10 Å². The number of para-hydroxylation sites is 2. The molecule has 6 heteroatoms. The molecule has 1 aliphatic rings. The molecule has 1 aliphatic heterocycles. The molecule has 23 heavy (non-hydrogen) atoms. The molecule has 0 unspecified atom stereocenters. The van der Waals surface area contributed by atoms with E-state index < -0.39 is 0 Å². The summed E-state index contributed by atoms with van der Waals surface area (Å²) in [5.41, 5.74) is 1.82. The Morgan fingerprint density at radius 1 is 1.48 bits per heavy atom. The number of methoxy groups -OCH3 is 1. The van der Waals surface area contributed by atoms with Gasteiger partial charge >= 0.3 is 0 Å². The molecule has 6 nitrogen and oxygen atoms in total. The van der Waals surface area contributed by atoms with E-state index in [0.29, 0.717) is 25.5 Å². The minimum Gasteiger partial charge on any atom is -0.494 e. The minimum absolute atomic E-state index is 0.0607. The van der Waals surface area contributed by atoms with Crippen LogP contribution in [0.2, 0.25) is 0 Å². The fourth-order valence-electron chi connectivity index (χ4n) is 2.68. The van der Waals surface area contributed by atoms with Gasteiger partial charge in [-0.15, -0.1) is 0 Å². The van der Waals surface area contributed by atoms with Gasteiger partial charge in [-0.3, -0.25) is 4.79 Å². The summed E-state index contributed by atoms with van der Waals surface area (Å²) in [6, 6.07) is 7.68. The quantitative estimate of drug-likeness (QED) is 0.884. The van der Waals surface area contributed by atoms with Crippen molar-refractivity contribution >= 4 is 5.91 Å². The smallest absolute Gasteiger partial charge is 0.220 e. The van der Waals surface area contributed by atoms with Gasteiger partial charge in [-0.1, -0.05) is 12.1 Å². The number of aromatic nitrogens is 2. The highest BCUT2D eigenvalue weighted by Gasteiger charge is 2.18. The number of benzene rings is 1. The highest BCUT2D eigenvalue weighted by Crippen LogP contribution is 2.21. The van der Waals surface area contributed by atoms with Crippen LogP contribution >= 0.6 is 0 Å². The maximum absolute atomic E-state index is 11.9. The maximum atomic E-state index is 11.9. The van der Waals surface area contributed by atoms with Crippen LogP contribution in [0.1, 0.15) is 18.4 Å². The summed E-state index contributed by atoms with van der Waals surface area (Å²) in [4.78, 5) is 11.9. The highest BCUT2D eigenvalue weighted by atomic mass is 16.5. The van der Waals surface area contributed by atoms with E-state index in [1.165, 1.54) is 0 Å². The molecule has 0 radical (unpaired) electrons. The first-order valence-corrected chi connectivity index (χ1v) is 7.77. The van der Waals surface area contributed by atoms with Crippen LogP contribution in [-0.4, -0.2) is 36.0 Å². The Hall–Kier alpha value is -2.34. The van der Waals surface area contributed by atoms with Crippen molar-refractivity contribution in [2.75, 3.05) is 20.3 Å². The number of amides is 1. The Morgan fingerprint density at radius 2 is 2.35 bits per heavy atom. The summed E-state index contributed by atoms with van der Waals surface area (Å²) in [5, 5.41) is 7.28. The Labute approximate surface area is 135 Å². The minimum atomic E-state index is 0.0607. The lowest BCUT2D eigenvalue weighted by molar-refractivity contribution is -0.122. The Balaban J connectivity index is 1.58.